The van der Waals surface area contributed by atoms with Crippen LogP contribution in [0.5, 0.6) is 0 Å². The maximum Gasteiger partial charge on any atom is 0.0941 e. The van der Waals surface area contributed by atoms with Crippen LogP contribution in [0.3, 0.4) is 0 Å². The smallest absolute Gasteiger partial charge is 0.0941 e. The molecular formula is C13H18N2O. The van der Waals surface area contributed by atoms with Gasteiger partial charge in [0, 0.05) is 30.0 Å². The zero-order chi connectivity index (χ0) is 11.2. The van der Waals surface area contributed by atoms with Crippen LogP contribution in [-0.4, -0.2) is 22.2 Å². The average molecular weight is 218 g/mol. The molecule has 2 atom stereocenters. The van der Waals surface area contributed by atoms with Crippen LogP contribution in [0.4, 0.5) is 0 Å². The Morgan fingerprint density at radius 2 is 2.00 bits per heavy atom. The van der Waals surface area contributed by atoms with Gasteiger partial charge in [0.1, 0.15) is 0 Å². The summed E-state index contributed by atoms with van der Waals surface area (Å²) in [5, 5.41) is 14.3. The minimum absolute atomic E-state index is 0.490. The largest absolute Gasteiger partial charge is 0.385 e. The lowest BCUT2D eigenvalue weighted by atomic mass is 9.82. The van der Waals surface area contributed by atoms with Crippen molar-refractivity contribution in [2.24, 2.45) is 0 Å². The molecule has 86 valence electrons. The van der Waals surface area contributed by atoms with E-state index in [1.54, 1.807) is 0 Å². The normalized spacial score (nSPS) is 37.6. The van der Waals surface area contributed by atoms with Gasteiger partial charge in [-0.25, -0.2) is 0 Å². The van der Waals surface area contributed by atoms with Gasteiger partial charge in [0.25, 0.3) is 0 Å². The monoisotopic (exact) mass is 218 g/mol. The fourth-order valence-corrected chi connectivity index (χ4v) is 3.17. The molecule has 16 heavy (non-hydrogen) atoms. The first-order valence-electron chi connectivity index (χ1n) is 6.06. The summed E-state index contributed by atoms with van der Waals surface area (Å²) in [7, 11) is 0. The lowest BCUT2D eigenvalue weighted by Gasteiger charge is -2.37. The lowest BCUT2D eigenvalue weighted by Crippen LogP contribution is -2.46. The highest BCUT2D eigenvalue weighted by Gasteiger charge is 2.43. The summed E-state index contributed by atoms with van der Waals surface area (Å²) in [4.78, 5) is 4.19. The van der Waals surface area contributed by atoms with Crippen molar-refractivity contribution in [1.82, 2.24) is 10.3 Å². The molecule has 0 aliphatic carbocycles. The third-order valence-electron chi connectivity index (χ3n) is 3.92. The molecule has 1 aromatic heterocycles. The Morgan fingerprint density at radius 1 is 1.31 bits per heavy atom. The van der Waals surface area contributed by atoms with Crippen molar-refractivity contribution >= 4 is 0 Å². The molecule has 0 radical (unpaired) electrons. The molecule has 3 nitrogen and oxygen atoms in total. The first-order valence-corrected chi connectivity index (χ1v) is 6.06. The van der Waals surface area contributed by atoms with Gasteiger partial charge in [-0.3, -0.25) is 4.98 Å². The van der Waals surface area contributed by atoms with E-state index in [1.165, 1.54) is 12.8 Å². The minimum Gasteiger partial charge on any atom is -0.385 e. The number of fused-ring (bicyclic) bond motifs is 2. The van der Waals surface area contributed by atoms with Gasteiger partial charge in [-0.15, -0.1) is 0 Å². The van der Waals surface area contributed by atoms with E-state index in [1.807, 2.05) is 19.3 Å². The van der Waals surface area contributed by atoms with Crippen LogP contribution in [-0.2, 0) is 5.60 Å². The van der Waals surface area contributed by atoms with Crippen LogP contribution in [0.25, 0.3) is 0 Å². The highest BCUT2D eigenvalue weighted by Crippen LogP contribution is 2.40. The first-order chi connectivity index (χ1) is 7.66. The van der Waals surface area contributed by atoms with Crippen molar-refractivity contribution in [2.75, 3.05) is 0 Å². The summed E-state index contributed by atoms with van der Waals surface area (Å²) < 4.78 is 0. The summed E-state index contributed by atoms with van der Waals surface area (Å²) in [6.45, 7) is 2.02. The van der Waals surface area contributed by atoms with E-state index < -0.39 is 5.60 Å². The van der Waals surface area contributed by atoms with Crippen LogP contribution in [0.15, 0.2) is 18.5 Å². The Bertz CT molecular complexity index is 393. The molecule has 1 aromatic rings. The van der Waals surface area contributed by atoms with Gasteiger partial charge < -0.3 is 10.4 Å². The number of rotatable bonds is 1. The van der Waals surface area contributed by atoms with Gasteiger partial charge >= 0.3 is 0 Å². The molecule has 3 rings (SSSR count). The predicted octanol–water partition coefficient (Wildman–Crippen LogP) is 1.49. The molecule has 2 saturated heterocycles. The third-order valence-corrected chi connectivity index (χ3v) is 3.92. The van der Waals surface area contributed by atoms with E-state index in [9.17, 15) is 5.11 Å². The number of aliphatic hydroxyl groups is 1. The maximum atomic E-state index is 10.8. The number of pyridine rings is 1. The Labute approximate surface area is 95.9 Å². The molecule has 0 saturated carbocycles. The summed E-state index contributed by atoms with van der Waals surface area (Å²) in [5.74, 6) is 0. The van der Waals surface area contributed by atoms with Crippen LogP contribution < -0.4 is 5.32 Å². The van der Waals surface area contributed by atoms with E-state index >= 15 is 0 Å². The van der Waals surface area contributed by atoms with Gasteiger partial charge in [0.15, 0.2) is 0 Å². The van der Waals surface area contributed by atoms with Gasteiger partial charge in [-0.1, -0.05) is 6.07 Å². The molecule has 0 spiro atoms. The number of nitrogens with zero attached hydrogens (tertiary/aromatic N) is 1. The van der Waals surface area contributed by atoms with Gasteiger partial charge in [-0.05, 0) is 38.2 Å². The Kier molecular flexibility index (Phi) is 2.26. The number of piperidine rings is 1. The molecular weight excluding hydrogens is 200 g/mol. The quantitative estimate of drug-likeness (QED) is 0.750. The topological polar surface area (TPSA) is 45.2 Å². The second-order valence-electron chi connectivity index (χ2n) is 5.33. The number of nitrogens with one attached hydrogen (secondary N) is 1. The van der Waals surface area contributed by atoms with E-state index in [2.05, 4.69) is 16.4 Å². The molecule has 3 heterocycles. The molecule has 2 fully saturated rings. The van der Waals surface area contributed by atoms with Crippen LogP contribution in [0, 0.1) is 6.92 Å². The average Bonchev–Trinajstić information content (AvgIpc) is 2.59. The fraction of sp³-hybridized carbons (Fsp3) is 0.615. The van der Waals surface area contributed by atoms with Crippen molar-refractivity contribution in [1.29, 1.82) is 0 Å². The molecule has 0 amide bonds. The van der Waals surface area contributed by atoms with Crippen LogP contribution >= 0.6 is 0 Å². The van der Waals surface area contributed by atoms with Crippen molar-refractivity contribution < 1.29 is 5.11 Å². The van der Waals surface area contributed by atoms with Gasteiger partial charge in [0.05, 0.1) is 5.60 Å². The van der Waals surface area contributed by atoms with Gasteiger partial charge in [-0.2, -0.15) is 0 Å². The summed E-state index contributed by atoms with van der Waals surface area (Å²) >= 11 is 0. The fourth-order valence-electron chi connectivity index (χ4n) is 3.17. The SMILES string of the molecule is Cc1cncc(C2(O)CC3CCC(C2)N3)c1. The zero-order valence-electron chi connectivity index (χ0n) is 9.61. The first kappa shape index (κ1) is 10.2. The summed E-state index contributed by atoms with van der Waals surface area (Å²) in [6, 6.07) is 3.05. The Balaban J connectivity index is 1.93. The highest BCUT2D eigenvalue weighted by molar-refractivity contribution is 5.25. The molecule has 2 aliphatic heterocycles. The van der Waals surface area contributed by atoms with Crippen molar-refractivity contribution in [2.45, 2.75) is 50.3 Å². The number of aromatic nitrogens is 1. The van der Waals surface area contributed by atoms with E-state index in [4.69, 9.17) is 0 Å². The number of hydrogen-bond donors (Lipinski definition) is 2. The standard InChI is InChI=1S/C13H18N2O/c1-9-4-10(8-14-7-9)13(16)5-11-2-3-12(6-13)15-11/h4,7-8,11-12,15-16H,2-3,5-6H2,1H3. The van der Waals surface area contributed by atoms with E-state index in [0.717, 1.165) is 24.0 Å². The molecule has 2 N–H and O–H groups in total. The summed E-state index contributed by atoms with van der Waals surface area (Å²) in [6.07, 6.45) is 7.71. The Morgan fingerprint density at radius 3 is 2.62 bits per heavy atom. The number of aryl methyl sites for hydroxylation is 1. The molecule has 0 aromatic carbocycles. The van der Waals surface area contributed by atoms with Crippen molar-refractivity contribution in [3.63, 3.8) is 0 Å². The molecule has 2 aliphatic rings. The Hall–Kier alpha value is -0.930. The zero-order valence-corrected chi connectivity index (χ0v) is 9.61. The second-order valence-corrected chi connectivity index (χ2v) is 5.33. The molecule has 3 heteroatoms. The minimum atomic E-state index is -0.657. The maximum absolute atomic E-state index is 10.8. The highest BCUT2D eigenvalue weighted by atomic mass is 16.3. The molecule has 2 bridgehead atoms. The molecule has 2 unspecified atom stereocenters. The lowest BCUT2D eigenvalue weighted by molar-refractivity contribution is -0.0117. The third kappa shape index (κ3) is 1.64. The van der Waals surface area contributed by atoms with Gasteiger partial charge in [0.2, 0.25) is 0 Å². The van der Waals surface area contributed by atoms with Crippen molar-refractivity contribution in [3.05, 3.63) is 29.6 Å². The van der Waals surface area contributed by atoms with Crippen LogP contribution in [0.2, 0.25) is 0 Å². The second kappa shape index (κ2) is 3.54. The predicted molar refractivity (Wildman–Crippen MR) is 62.1 cm³/mol. The summed E-state index contributed by atoms with van der Waals surface area (Å²) in [5.41, 5.74) is 1.46. The van der Waals surface area contributed by atoms with Crippen molar-refractivity contribution in [3.8, 4) is 0 Å². The van der Waals surface area contributed by atoms with Crippen LogP contribution in [0.1, 0.15) is 36.8 Å². The van der Waals surface area contributed by atoms with E-state index in [-0.39, 0.29) is 0 Å². The number of hydrogen-bond acceptors (Lipinski definition) is 3. The van der Waals surface area contributed by atoms with E-state index in [0.29, 0.717) is 12.1 Å².